The number of aliphatic hydroxyl groups is 4. The summed E-state index contributed by atoms with van der Waals surface area (Å²) in [6, 6.07) is 11.1. The van der Waals surface area contributed by atoms with Crippen LogP contribution in [-0.2, 0) is 4.74 Å². The predicted molar refractivity (Wildman–Crippen MR) is 150 cm³/mol. The molecule has 0 radical (unpaired) electrons. The molecule has 14 heteroatoms. The first kappa shape index (κ1) is 27.1. The average Bonchev–Trinajstić information content (AvgIpc) is 3.62. The number of amides is 2. The molecule has 0 unspecified atom stereocenters. The van der Waals surface area contributed by atoms with Crippen LogP contribution in [0.5, 0.6) is 11.5 Å². The number of imide groups is 1. The van der Waals surface area contributed by atoms with E-state index in [1.807, 2.05) is 6.07 Å². The predicted octanol–water partition coefficient (Wildman–Crippen LogP) is 0.827. The molecule has 2 aromatic heterocycles. The van der Waals surface area contributed by atoms with Crippen LogP contribution in [0, 0.1) is 11.3 Å². The Kier molecular flexibility index (Phi) is 6.08. The van der Waals surface area contributed by atoms with Crippen molar-refractivity contribution >= 4 is 55.4 Å². The fraction of sp³-hybridized carbons (Fsp3) is 0.276. The number of aliphatic hydroxyl groups excluding tert-OH is 4. The smallest absolute Gasteiger partial charge is 0.276 e. The van der Waals surface area contributed by atoms with Gasteiger partial charge in [0.05, 0.1) is 45.9 Å². The molecule has 2 amide bonds. The molecule has 220 valence electrons. The van der Waals surface area contributed by atoms with Gasteiger partial charge in [-0.05, 0) is 12.1 Å². The highest BCUT2D eigenvalue weighted by molar-refractivity contribution is 6.39. The highest BCUT2D eigenvalue weighted by Gasteiger charge is 2.47. The molecule has 43 heavy (non-hydrogen) atoms. The van der Waals surface area contributed by atoms with Crippen molar-refractivity contribution in [2.24, 2.45) is 0 Å². The molecule has 4 heterocycles. The number of aromatic amines is 1. The minimum atomic E-state index is -1.77. The van der Waals surface area contributed by atoms with Gasteiger partial charge in [-0.2, -0.15) is 5.26 Å². The van der Waals surface area contributed by atoms with Gasteiger partial charge in [0.15, 0.2) is 6.23 Å². The first-order valence-electron chi connectivity index (χ1n) is 13.5. The van der Waals surface area contributed by atoms with Crippen molar-refractivity contribution < 1.29 is 45.0 Å². The number of aromatic nitrogens is 2. The molecule has 0 bridgehead atoms. The van der Waals surface area contributed by atoms with Crippen molar-refractivity contribution in [1.29, 1.82) is 5.26 Å². The summed E-state index contributed by atoms with van der Waals surface area (Å²) < 4.78 is 7.28. The quantitative estimate of drug-likeness (QED) is 0.106. The number of hydrazine groups is 1. The van der Waals surface area contributed by atoms with Crippen LogP contribution in [0.2, 0.25) is 0 Å². The number of hydrogen-bond donors (Lipinski definition) is 8. The highest BCUT2D eigenvalue weighted by Crippen LogP contribution is 2.49. The maximum absolute atomic E-state index is 14.0. The normalized spacial score (nSPS) is 24.1. The van der Waals surface area contributed by atoms with E-state index in [9.17, 15) is 40.2 Å². The highest BCUT2D eigenvalue weighted by atomic mass is 16.6. The topological polar surface area (TPSA) is 225 Å². The van der Waals surface area contributed by atoms with E-state index < -0.39 is 49.1 Å². The van der Waals surface area contributed by atoms with E-state index in [4.69, 9.17) is 10.00 Å². The summed E-state index contributed by atoms with van der Waals surface area (Å²) in [5, 5.41) is 75.1. The lowest BCUT2D eigenvalue weighted by Gasteiger charge is -2.41. The van der Waals surface area contributed by atoms with E-state index in [1.165, 1.54) is 22.8 Å². The van der Waals surface area contributed by atoms with Gasteiger partial charge in [0.1, 0.15) is 35.9 Å². The fourth-order valence-electron chi connectivity index (χ4n) is 6.39. The lowest BCUT2D eigenvalue weighted by atomic mass is 9.96. The number of phenols is 2. The van der Waals surface area contributed by atoms with Crippen molar-refractivity contribution in [2.75, 3.05) is 13.2 Å². The number of para-hydroxylation sites is 2. The van der Waals surface area contributed by atoms with Crippen LogP contribution < -0.4 is 5.43 Å². The molecule has 0 aliphatic carbocycles. The van der Waals surface area contributed by atoms with Gasteiger partial charge < -0.3 is 44.9 Å². The van der Waals surface area contributed by atoms with Crippen LogP contribution >= 0.6 is 0 Å². The Morgan fingerprint density at radius 1 is 0.884 bits per heavy atom. The summed E-state index contributed by atoms with van der Waals surface area (Å²) in [4.78, 5) is 31.0. The van der Waals surface area contributed by atoms with E-state index in [-0.39, 0.29) is 68.4 Å². The standard InChI is InChI=1S/C29H25N5O9/c30-8-3-9-31-34-27(41)18-16-11-4-1-6-13(36)20(11)32-21(16)23-17(19(18)28(34)42)12-5-2-7-14(37)22(12)33(23)29-26(40)25(39)24(38)15(10-35)43-29/h1-2,4-7,15,24-26,29,31-32,35-40H,3,9-10H2/t15-,24-,25+,26-,29-/m1/s1. The molecule has 1 fully saturated rings. The van der Waals surface area contributed by atoms with Gasteiger partial charge >= 0.3 is 0 Å². The summed E-state index contributed by atoms with van der Waals surface area (Å²) in [6.45, 7) is -0.692. The van der Waals surface area contributed by atoms with Crippen LogP contribution in [0.15, 0.2) is 36.4 Å². The molecule has 8 N–H and O–H groups in total. The minimum Gasteiger partial charge on any atom is -0.506 e. The number of nitrogens with one attached hydrogen (secondary N) is 2. The van der Waals surface area contributed by atoms with E-state index in [0.717, 1.165) is 5.01 Å². The molecule has 2 aliphatic heterocycles. The van der Waals surface area contributed by atoms with E-state index in [2.05, 4.69) is 10.4 Å². The lowest BCUT2D eigenvalue weighted by molar-refractivity contribution is -0.249. The SMILES string of the molecule is N#CCCNN1C(=O)c2c(c3c4cccc(O)c4n([C@@H]4O[C@H](CO)[C@@H](O)[C@H](O)[C@H]4O)c3c3[nH]c4c(O)cccc4c23)C1=O. The average molecular weight is 588 g/mol. The zero-order valence-corrected chi connectivity index (χ0v) is 22.2. The molecule has 7 rings (SSSR count). The zero-order chi connectivity index (χ0) is 30.3. The Hall–Kier alpha value is -4.75. The van der Waals surface area contributed by atoms with Crippen molar-refractivity contribution in [3.8, 4) is 17.6 Å². The third-order valence-electron chi connectivity index (χ3n) is 8.26. The van der Waals surface area contributed by atoms with Crippen LogP contribution in [0.4, 0.5) is 0 Å². The summed E-state index contributed by atoms with van der Waals surface area (Å²) >= 11 is 0. The number of carbonyl (C=O) groups excluding carboxylic acids is 2. The van der Waals surface area contributed by atoms with Crippen molar-refractivity contribution in [3.63, 3.8) is 0 Å². The van der Waals surface area contributed by atoms with Crippen LogP contribution in [-0.4, -0.2) is 94.6 Å². The number of nitrogens with zero attached hydrogens (tertiary/aromatic N) is 3. The van der Waals surface area contributed by atoms with Gasteiger partial charge in [-0.3, -0.25) is 9.59 Å². The third-order valence-corrected chi connectivity index (χ3v) is 8.26. The number of ether oxygens (including phenoxy) is 1. The van der Waals surface area contributed by atoms with Crippen molar-refractivity contribution in [3.05, 3.63) is 47.5 Å². The summed E-state index contributed by atoms with van der Waals surface area (Å²) in [7, 11) is 0. The molecule has 5 atom stereocenters. The van der Waals surface area contributed by atoms with Gasteiger partial charge in [-0.1, -0.05) is 24.3 Å². The third kappa shape index (κ3) is 3.55. The number of rotatable bonds is 5. The second-order valence-corrected chi connectivity index (χ2v) is 10.6. The molecule has 14 nitrogen and oxygen atoms in total. The first-order chi connectivity index (χ1) is 20.7. The minimum absolute atomic E-state index is 0.0103. The summed E-state index contributed by atoms with van der Waals surface area (Å²) in [6.07, 6.45) is -7.94. The molecular formula is C29H25N5O9. The Morgan fingerprint density at radius 3 is 2.26 bits per heavy atom. The Labute approximate surface area is 241 Å². The summed E-state index contributed by atoms with van der Waals surface area (Å²) in [5.41, 5.74) is 3.47. The van der Waals surface area contributed by atoms with Gasteiger partial charge in [-0.25, -0.2) is 10.4 Å². The molecule has 2 aliphatic rings. The maximum Gasteiger partial charge on any atom is 0.276 e. The monoisotopic (exact) mass is 587 g/mol. The molecule has 0 saturated carbocycles. The lowest BCUT2D eigenvalue weighted by Crippen LogP contribution is -2.56. The largest absolute Gasteiger partial charge is 0.506 e. The van der Waals surface area contributed by atoms with Crippen LogP contribution in [0.1, 0.15) is 33.4 Å². The van der Waals surface area contributed by atoms with Crippen molar-refractivity contribution in [1.82, 2.24) is 20.0 Å². The molecular weight excluding hydrogens is 562 g/mol. The number of hydrogen-bond acceptors (Lipinski definition) is 11. The van der Waals surface area contributed by atoms with Crippen LogP contribution in [0.25, 0.3) is 43.6 Å². The summed E-state index contributed by atoms with van der Waals surface area (Å²) in [5.74, 6) is -1.85. The Bertz CT molecular complexity index is 2040. The second kappa shape index (κ2) is 9.64. The van der Waals surface area contributed by atoms with Gasteiger partial charge in [0.2, 0.25) is 0 Å². The van der Waals surface area contributed by atoms with Gasteiger partial charge in [0.25, 0.3) is 11.8 Å². The number of phenolic OH excluding ortho intramolecular Hbond substituents is 2. The Balaban J connectivity index is 1.67. The fourth-order valence-corrected chi connectivity index (χ4v) is 6.39. The number of aromatic hydroxyl groups is 2. The zero-order valence-electron chi connectivity index (χ0n) is 22.2. The van der Waals surface area contributed by atoms with E-state index in [0.29, 0.717) is 10.8 Å². The van der Waals surface area contributed by atoms with E-state index in [1.54, 1.807) is 18.2 Å². The second-order valence-electron chi connectivity index (χ2n) is 10.6. The van der Waals surface area contributed by atoms with Crippen LogP contribution in [0.3, 0.4) is 0 Å². The molecule has 5 aromatic rings. The first-order valence-corrected chi connectivity index (χ1v) is 13.5. The molecule has 1 saturated heterocycles. The molecule has 0 spiro atoms. The van der Waals surface area contributed by atoms with Gasteiger partial charge in [0, 0.05) is 34.5 Å². The number of benzene rings is 3. The van der Waals surface area contributed by atoms with Crippen molar-refractivity contribution in [2.45, 2.75) is 37.1 Å². The number of fused-ring (bicyclic) bond motifs is 10. The maximum atomic E-state index is 14.0. The number of nitriles is 1. The van der Waals surface area contributed by atoms with E-state index >= 15 is 0 Å². The number of carbonyl (C=O) groups is 2. The molecule has 3 aromatic carbocycles. The van der Waals surface area contributed by atoms with Gasteiger partial charge in [-0.15, -0.1) is 0 Å². The Morgan fingerprint density at radius 2 is 1.56 bits per heavy atom. The number of H-pyrrole nitrogens is 1.